The van der Waals surface area contributed by atoms with E-state index in [1.54, 1.807) is 7.11 Å². The van der Waals surface area contributed by atoms with E-state index in [2.05, 4.69) is 17.0 Å². The number of benzene rings is 1. The van der Waals surface area contributed by atoms with Gasteiger partial charge in [0.05, 0.1) is 25.4 Å². The topological polar surface area (TPSA) is 68.0 Å². The van der Waals surface area contributed by atoms with Crippen LogP contribution in [-0.4, -0.2) is 56.8 Å². The van der Waals surface area contributed by atoms with Crippen LogP contribution in [0.2, 0.25) is 0 Å². The first kappa shape index (κ1) is 16.2. The lowest BCUT2D eigenvalue weighted by molar-refractivity contribution is -0.0296. The molecule has 1 aromatic rings. The number of β-amino-alcohol motifs (C(OH)–C–C–N with tert-alkyl or cyclic N) is 1. The van der Waals surface area contributed by atoms with Crippen molar-refractivity contribution >= 4 is 5.69 Å². The van der Waals surface area contributed by atoms with E-state index in [-0.39, 0.29) is 12.1 Å². The lowest BCUT2D eigenvalue weighted by Crippen LogP contribution is -2.47. The molecule has 0 spiro atoms. The maximum atomic E-state index is 10.2. The fourth-order valence-electron chi connectivity index (χ4n) is 2.76. The Kier molecular flexibility index (Phi) is 5.99. The molecule has 2 rings (SSSR count). The fourth-order valence-corrected chi connectivity index (χ4v) is 2.76. The number of rotatable bonds is 7. The molecule has 1 aliphatic heterocycles. The molecule has 0 bridgehead atoms. The second kappa shape index (κ2) is 7.75. The van der Waals surface area contributed by atoms with Crippen LogP contribution in [0.5, 0.6) is 0 Å². The van der Waals surface area contributed by atoms with Gasteiger partial charge in [0.25, 0.3) is 0 Å². The molecule has 0 aromatic heterocycles. The van der Waals surface area contributed by atoms with E-state index in [4.69, 9.17) is 15.2 Å². The first-order valence-electron chi connectivity index (χ1n) is 7.47. The average Bonchev–Trinajstić information content (AvgIpc) is 2.45. The summed E-state index contributed by atoms with van der Waals surface area (Å²) in [5.41, 5.74) is 8.52. The smallest absolute Gasteiger partial charge is 0.0948 e. The van der Waals surface area contributed by atoms with Crippen molar-refractivity contribution in [3.63, 3.8) is 0 Å². The standard InChI is InChI=1S/C16H26N2O3/c1-12(10-20-2)21-11-15(19)9-18-8-14(17)7-13-5-3-4-6-16(13)18/h3-6,12,14-15,19H,7-11,17H2,1-2H3. The van der Waals surface area contributed by atoms with Gasteiger partial charge in [-0.05, 0) is 25.0 Å². The van der Waals surface area contributed by atoms with E-state index in [1.165, 1.54) is 11.3 Å². The van der Waals surface area contributed by atoms with Crippen LogP contribution < -0.4 is 10.6 Å². The fraction of sp³-hybridized carbons (Fsp3) is 0.625. The van der Waals surface area contributed by atoms with Crippen LogP contribution in [-0.2, 0) is 15.9 Å². The zero-order valence-corrected chi connectivity index (χ0v) is 12.9. The van der Waals surface area contributed by atoms with Gasteiger partial charge in [0.2, 0.25) is 0 Å². The lowest BCUT2D eigenvalue weighted by atomic mass is 9.98. The van der Waals surface area contributed by atoms with Gasteiger partial charge in [-0.1, -0.05) is 18.2 Å². The Hall–Kier alpha value is -1.14. The van der Waals surface area contributed by atoms with Gasteiger partial charge in [0.1, 0.15) is 0 Å². The quantitative estimate of drug-likeness (QED) is 0.778. The summed E-state index contributed by atoms with van der Waals surface area (Å²) in [7, 11) is 1.64. The molecule has 0 saturated heterocycles. The van der Waals surface area contributed by atoms with Gasteiger partial charge in [0, 0.05) is 31.9 Å². The minimum atomic E-state index is -0.539. The molecule has 0 amide bonds. The Bertz CT molecular complexity index is 441. The molecule has 1 heterocycles. The van der Waals surface area contributed by atoms with E-state index < -0.39 is 6.10 Å². The van der Waals surface area contributed by atoms with E-state index in [0.717, 1.165) is 13.0 Å². The lowest BCUT2D eigenvalue weighted by Gasteiger charge is -2.36. The summed E-state index contributed by atoms with van der Waals surface area (Å²) >= 11 is 0. The summed E-state index contributed by atoms with van der Waals surface area (Å²) < 4.78 is 10.6. The summed E-state index contributed by atoms with van der Waals surface area (Å²) in [5, 5.41) is 10.2. The van der Waals surface area contributed by atoms with Gasteiger partial charge in [0.15, 0.2) is 0 Å². The molecule has 3 N–H and O–H groups in total. The molecule has 118 valence electrons. The first-order valence-corrected chi connectivity index (χ1v) is 7.47. The van der Waals surface area contributed by atoms with E-state index in [1.807, 2.05) is 19.1 Å². The number of methoxy groups -OCH3 is 1. The minimum Gasteiger partial charge on any atom is -0.389 e. The molecular formula is C16H26N2O3. The Morgan fingerprint density at radius 1 is 1.38 bits per heavy atom. The molecule has 5 nitrogen and oxygen atoms in total. The Morgan fingerprint density at radius 3 is 2.90 bits per heavy atom. The third-order valence-corrected chi connectivity index (χ3v) is 3.67. The Labute approximate surface area is 126 Å². The van der Waals surface area contributed by atoms with Crippen molar-refractivity contribution in [1.82, 2.24) is 0 Å². The summed E-state index contributed by atoms with van der Waals surface area (Å²) in [6, 6.07) is 8.35. The summed E-state index contributed by atoms with van der Waals surface area (Å²) in [4.78, 5) is 2.15. The number of hydrogen-bond donors (Lipinski definition) is 2. The Morgan fingerprint density at radius 2 is 2.14 bits per heavy atom. The maximum absolute atomic E-state index is 10.2. The molecule has 0 fully saturated rings. The highest BCUT2D eigenvalue weighted by Crippen LogP contribution is 2.26. The SMILES string of the molecule is COCC(C)OCC(O)CN1CC(N)Cc2ccccc21. The normalized spacial score (nSPS) is 21.0. The number of aliphatic hydroxyl groups excluding tert-OH is 1. The number of anilines is 1. The number of hydrogen-bond acceptors (Lipinski definition) is 5. The van der Waals surface area contributed by atoms with Crippen LogP contribution in [0.15, 0.2) is 24.3 Å². The second-order valence-corrected chi connectivity index (χ2v) is 5.75. The average molecular weight is 294 g/mol. The van der Waals surface area contributed by atoms with Crippen molar-refractivity contribution in [1.29, 1.82) is 0 Å². The van der Waals surface area contributed by atoms with Crippen molar-refractivity contribution in [3.8, 4) is 0 Å². The zero-order chi connectivity index (χ0) is 15.2. The molecular weight excluding hydrogens is 268 g/mol. The van der Waals surface area contributed by atoms with Crippen molar-refractivity contribution in [2.75, 3.05) is 38.3 Å². The maximum Gasteiger partial charge on any atom is 0.0948 e. The third kappa shape index (κ3) is 4.68. The van der Waals surface area contributed by atoms with E-state index in [0.29, 0.717) is 19.8 Å². The molecule has 5 heteroatoms. The number of para-hydroxylation sites is 1. The molecule has 21 heavy (non-hydrogen) atoms. The number of nitrogens with two attached hydrogens (primary N) is 1. The number of nitrogens with zero attached hydrogens (tertiary/aromatic N) is 1. The molecule has 3 unspecified atom stereocenters. The molecule has 1 aromatic carbocycles. The van der Waals surface area contributed by atoms with E-state index in [9.17, 15) is 5.11 Å². The van der Waals surface area contributed by atoms with Crippen molar-refractivity contribution in [2.45, 2.75) is 31.6 Å². The first-order chi connectivity index (χ1) is 10.1. The van der Waals surface area contributed by atoms with Gasteiger partial charge >= 0.3 is 0 Å². The van der Waals surface area contributed by atoms with Crippen LogP contribution in [0.3, 0.4) is 0 Å². The second-order valence-electron chi connectivity index (χ2n) is 5.75. The highest BCUT2D eigenvalue weighted by atomic mass is 16.5. The van der Waals surface area contributed by atoms with Crippen molar-refractivity contribution in [2.24, 2.45) is 5.73 Å². The van der Waals surface area contributed by atoms with Gasteiger partial charge in [-0.2, -0.15) is 0 Å². The van der Waals surface area contributed by atoms with Gasteiger partial charge in [-0.15, -0.1) is 0 Å². The molecule has 0 saturated carbocycles. The summed E-state index contributed by atoms with van der Waals surface area (Å²) in [5.74, 6) is 0. The molecule has 3 atom stereocenters. The monoisotopic (exact) mass is 294 g/mol. The predicted molar refractivity (Wildman–Crippen MR) is 83.6 cm³/mol. The molecule has 0 radical (unpaired) electrons. The van der Waals surface area contributed by atoms with E-state index >= 15 is 0 Å². The highest BCUT2D eigenvalue weighted by Gasteiger charge is 2.23. The van der Waals surface area contributed by atoms with Crippen LogP contribution in [0.1, 0.15) is 12.5 Å². The molecule has 0 aliphatic carbocycles. The Balaban J connectivity index is 1.90. The molecule has 1 aliphatic rings. The minimum absolute atomic E-state index is 0.0134. The predicted octanol–water partition coefficient (Wildman–Crippen LogP) is 0.789. The van der Waals surface area contributed by atoms with Crippen LogP contribution >= 0.6 is 0 Å². The van der Waals surface area contributed by atoms with Crippen molar-refractivity contribution in [3.05, 3.63) is 29.8 Å². The highest BCUT2D eigenvalue weighted by molar-refractivity contribution is 5.56. The number of aliphatic hydroxyl groups is 1. The van der Waals surface area contributed by atoms with Gasteiger partial charge in [-0.25, -0.2) is 0 Å². The largest absolute Gasteiger partial charge is 0.389 e. The summed E-state index contributed by atoms with van der Waals surface area (Å²) in [6.07, 6.45) is 0.340. The number of fused-ring (bicyclic) bond motifs is 1. The number of ether oxygens (including phenoxy) is 2. The summed E-state index contributed by atoms with van der Waals surface area (Å²) in [6.45, 7) is 4.07. The van der Waals surface area contributed by atoms with Crippen LogP contribution in [0, 0.1) is 0 Å². The van der Waals surface area contributed by atoms with Gasteiger partial charge < -0.3 is 25.2 Å². The van der Waals surface area contributed by atoms with Gasteiger partial charge in [-0.3, -0.25) is 0 Å². The van der Waals surface area contributed by atoms with Crippen LogP contribution in [0.25, 0.3) is 0 Å². The third-order valence-electron chi connectivity index (χ3n) is 3.67. The van der Waals surface area contributed by atoms with Crippen molar-refractivity contribution < 1.29 is 14.6 Å². The van der Waals surface area contributed by atoms with Crippen LogP contribution in [0.4, 0.5) is 5.69 Å². The zero-order valence-electron chi connectivity index (χ0n) is 12.9.